The van der Waals surface area contributed by atoms with Crippen molar-refractivity contribution in [3.8, 4) is 5.75 Å². The molecule has 0 saturated carbocycles. The molecule has 1 aromatic carbocycles. The van der Waals surface area contributed by atoms with Gasteiger partial charge in [0.1, 0.15) is 12.4 Å². The normalized spacial score (nSPS) is 37.1. The van der Waals surface area contributed by atoms with Crippen molar-refractivity contribution in [2.24, 2.45) is 0 Å². The molecule has 3 aliphatic rings. The van der Waals surface area contributed by atoms with Gasteiger partial charge in [-0.1, -0.05) is 18.2 Å². The van der Waals surface area contributed by atoms with E-state index in [2.05, 4.69) is 41.5 Å². The minimum atomic E-state index is 0.393. The van der Waals surface area contributed by atoms with Crippen LogP contribution in [0.3, 0.4) is 0 Å². The Labute approximate surface area is 114 Å². The average molecular weight is 258 g/mol. The molecule has 3 heterocycles. The molecule has 1 aromatic rings. The van der Waals surface area contributed by atoms with Crippen LogP contribution in [0.1, 0.15) is 37.3 Å². The molecule has 4 rings (SSSR count). The van der Waals surface area contributed by atoms with E-state index < -0.39 is 0 Å². The van der Waals surface area contributed by atoms with E-state index in [1.807, 2.05) is 0 Å². The van der Waals surface area contributed by atoms with Gasteiger partial charge in [-0.2, -0.15) is 0 Å². The van der Waals surface area contributed by atoms with E-state index in [1.54, 1.807) is 0 Å². The molecular formula is C16H22N2O. The first kappa shape index (κ1) is 11.7. The minimum absolute atomic E-state index is 0.393. The van der Waals surface area contributed by atoms with E-state index in [1.165, 1.54) is 31.2 Å². The number of benzene rings is 1. The van der Waals surface area contributed by atoms with E-state index >= 15 is 0 Å². The Hall–Kier alpha value is -1.06. The Morgan fingerprint density at radius 1 is 1.16 bits per heavy atom. The number of ether oxygens (including phenoxy) is 1. The first-order chi connectivity index (χ1) is 9.31. The molecule has 0 spiro atoms. The summed E-state index contributed by atoms with van der Waals surface area (Å²) in [6.07, 6.45) is 5.37. The highest BCUT2D eigenvalue weighted by Gasteiger charge is 2.39. The van der Waals surface area contributed by atoms with Gasteiger partial charge in [0.2, 0.25) is 0 Å². The molecule has 102 valence electrons. The first-order valence-corrected chi connectivity index (χ1v) is 7.51. The van der Waals surface area contributed by atoms with Gasteiger partial charge in [-0.3, -0.25) is 0 Å². The monoisotopic (exact) mass is 258 g/mol. The summed E-state index contributed by atoms with van der Waals surface area (Å²) in [6, 6.07) is 11.1. The lowest BCUT2D eigenvalue weighted by Crippen LogP contribution is -2.48. The number of hydrogen-bond acceptors (Lipinski definition) is 3. The van der Waals surface area contributed by atoms with Crippen LogP contribution in [-0.4, -0.2) is 36.7 Å². The van der Waals surface area contributed by atoms with E-state index in [0.29, 0.717) is 12.1 Å². The van der Waals surface area contributed by atoms with E-state index in [-0.39, 0.29) is 0 Å². The van der Waals surface area contributed by atoms with Gasteiger partial charge in [0.25, 0.3) is 0 Å². The Kier molecular flexibility index (Phi) is 2.78. The van der Waals surface area contributed by atoms with Gasteiger partial charge in [-0.25, -0.2) is 0 Å². The lowest BCUT2D eigenvalue weighted by molar-refractivity contribution is 0.140. The molecule has 0 amide bonds. The maximum absolute atomic E-state index is 5.77. The van der Waals surface area contributed by atoms with Gasteiger partial charge in [-0.15, -0.1) is 0 Å². The topological polar surface area (TPSA) is 24.5 Å². The largest absolute Gasteiger partial charge is 0.491 e. The molecule has 3 unspecified atom stereocenters. The predicted molar refractivity (Wildman–Crippen MR) is 75.4 cm³/mol. The van der Waals surface area contributed by atoms with Crippen LogP contribution in [0.25, 0.3) is 0 Å². The molecule has 2 saturated heterocycles. The fourth-order valence-electron chi connectivity index (χ4n) is 4.13. The molecule has 3 nitrogen and oxygen atoms in total. The summed E-state index contributed by atoms with van der Waals surface area (Å²) in [7, 11) is 2.30. The third kappa shape index (κ3) is 1.96. The molecule has 3 heteroatoms. The van der Waals surface area contributed by atoms with Gasteiger partial charge in [0, 0.05) is 23.7 Å². The highest BCUT2D eigenvalue weighted by molar-refractivity contribution is 5.39. The van der Waals surface area contributed by atoms with E-state index in [4.69, 9.17) is 4.74 Å². The lowest BCUT2D eigenvalue weighted by atomic mass is 9.96. The number of nitrogens with zero attached hydrogens (tertiary/aromatic N) is 1. The summed E-state index contributed by atoms with van der Waals surface area (Å²) in [5.74, 6) is 1.07. The average Bonchev–Trinajstić information content (AvgIpc) is 2.89. The Morgan fingerprint density at radius 2 is 1.89 bits per heavy atom. The molecule has 2 fully saturated rings. The standard InChI is InChI=1S/C16H22N2O/c1-18-12-6-7-13(18)9-11(8-12)17-15-10-19-16-5-3-2-4-14(15)16/h2-5,11-13,15,17H,6-10H2,1H3. The molecule has 3 atom stereocenters. The summed E-state index contributed by atoms with van der Waals surface area (Å²) in [4.78, 5) is 2.59. The van der Waals surface area contributed by atoms with Gasteiger partial charge < -0.3 is 15.0 Å². The summed E-state index contributed by atoms with van der Waals surface area (Å²) in [5, 5.41) is 3.84. The summed E-state index contributed by atoms with van der Waals surface area (Å²) in [6.45, 7) is 0.793. The van der Waals surface area contributed by atoms with Crippen molar-refractivity contribution < 1.29 is 4.74 Å². The minimum Gasteiger partial charge on any atom is -0.491 e. The van der Waals surface area contributed by atoms with Gasteiger partial charge >= 0.3 is 0 Å². The predicted octanol–water partition coefficient (Wildman–Crippen LogP) is 2.33. The first-order valence-electron chi connectivity index (χ1n) is 7.51. The third-order valence-electron chi connectivity index (χ3n) is 5.24. The maximum Gasteiger partial charge on any atom is 0.124 e. The van der Waals surface area contributed by atoms with Crippen LogP contribution in [0.2, 0.25) is 0 Å². The third-order valence-corrected chi connectivity index (χ3v) is 5.24. The van der Waals surface area contributed by atoms with Crippen molar-refractivity contribution >= 4 is 0 Å². The lowest BCUT2D eigenvalue weighted by Gasteiger charge is -2.37. The van der Waals surface area contributed by atoms with Crippen molar-refractivity contribution in [3.63, 3.8) is 0 Å². The van der Waals surface area contributed by atoms with Gasteiger partial charge in [0.15, 0.2) is 0 Å². The summed E-state index contributed by atoms with van der Waals surface area (Å²) >= 11 is 0. The molecule has 2 bridgehead atoms. The van der Waals surface area contributed by atoms with Gasteiger partial charge in [-0.05, 0) is 38.8 Å². The van der Waals surface area contributed by atoms with E-state index in [0.717, 1.165) is 24.4 Å². The van der Waals surface area contributed by atoms with Gasteiger partial charge in [0.05, 0.1) is 6.04 Å². The Balaban J connectivity index is 1.46. The van der Waals surface area contributed by atoms with Crippen LogP contribution >= 0.6 is 0 Å². The number of rotatable bonds is 2. The smallest absolute Gasteiger partial charge is 0.124 e. The fourth-order valence-corrected chi connectivity index (χ4v) is 4.13. The zero-order valence-corrected chi connectivity index (χ0v) is 11.5. The van der Waals surface area contributed by atoms with Crippen LogP contribution in [0.15, 0.2) is 24.3 Å². The van der Waals surface area contributed by atoms with E-state index in [9.17, 15) is 0 Å². The second kappa shape index (κ2) is 4.50. The molecule has 19 heavy (non-hydrogen) atoms. The van der Waals surface area contributed by atoms with Crippen molar-refractivity contribution in [1.82, 2.24) is 10.2 Å². The van der Waals surface area contributed by atoms with Crippen molar-refractivity contribution in [2.75, 3.05) is 13.7 Å². The second-order valence-electron chi connectivity index (χ2n) is 6.29. The summed E-state index contributed by atoms with van der Waals surface area (Å²) < 4.78 is 5.77. The number of hydrogen-bond donors (Lipinski definition) is 1. The maximum atomic E-state index is 5.77. The van der Waals surface area contributed by atoms with Crippen LogP contribution in [-0.2, 0) is 0 Å². The zero-order chi connectivity index (χ0) is 12.8. The highest BCUT2D eigenvalue weighted by Crippen LogP contribution is 2.37. The van der Waals surface area contributed by atoms with Crippen LogP contribution in [0.5, 0.6) is 5.75 Å². The molecule has 1 N–H and O–H groups in total. The quantitative estimate of drug-likeness (QED) is 0.881. The number of nitrogens with one attached hydrogen (secondary N) is 1. The molecule has 0 radical (unpaired) electrons. The highest BCUT2D eigenvalue weighted by atomic mass is 16.5. The van der Waals surface area contributed by atoms with Crippen molar-refractivity contribution in [3.05, 3.63) is 29.8 Å². The molecule has 3 aliphatic heterocycles. The SMILES string of the molecule is CN1C2CCC1CC(NC1COc3ccccc31)C2. The van der Waals surface area contributed by atoms with Crippen molar-refractivity contribution in [1.29, 1.82) is 0 Å². The summed E-state index contributed by atoms with van der Waals surface area (Å²) in [5.41, 5.74) is 1.34. The van der Waals surface area contributed by atoms with Crippen LogP contribution in [0, 0.1) is 0 Å². The van der Waals surface area contributed by atoms with Crippen LogP contribution in [0.4, 0.5) is 0 Å². The second-order valence-corrected chi connectivity index (χ2v) is 6.29. The molecule has 0 aliphatic carbocycles. The Bertz CT molecular complexity index is 462. The van der Waals surface area contributed by atoms with Crippen molar-refractivity contribution in [2.45, 2.75) is 49.9 Å². The number of piperidine rings is 1. The fraction of sp³-hybridized carbons (Fsp3) is 0.625. The van der Waals surface area contributed by atoms with Crippen LogP contribution < -0.4 is 10.1 Å². The number of para-hydroxylation sites is 1. The zero-order valence-electron chi connectivity index (χ0n) is 11.5. The Morgan fingerprint density at radius 3 is 2.68 bits per heavy atom. The molecule has 0 aromatic heterocycles. The number of fused-ring (bicyclic) bond motifs is 3. The molecular weight excluding hydrogens is 236 g/mol.